The molecule has 2 fully saturated rings. The number of amides is 4. The van der Waals surface area contributed by atoms with Crippen molar-refractivity contribution in [2.75, 3.05) is 36.9 Å². The Hall–Kier alpha value is -4.12. The molecule has 2 aliphatic rings. The van der Waals surface area contributed by atoms with Gasteiger partial charge in [0.1, 0.15) is 8.64 Å². The number of carbonyl (C=O) groups excluding carboxylic acids is 6. The molecule has 2 aromatic carbocycles. The summed E-state index contributed by atoms with van der Waals surface area (Å²) in [5, 5.41) is 5.55. The Morgan fingerprint density at radius 1 is 0.615 bits per heavy atom. The summed E-state index contributed by atoms with van der Waals surface area (Å²) < 4.78 is 11.0. The van der Waals surface area contributed by atoms with Gasteiger partial charge in [0.05, 0.1) is 34.2 Å². The molecule has 16 heteroatoms. The number of nitrogens with one attached hydrogen (secondary N) is 2. The largest absolute Gasteiger partial charge is 0.462 e. The summed E-state index contributed by atoms with van der Waals surface area (Å²) in [6, 6.07) is 12.8. The Morgan fingerprint density at radius 3 is 1.33 bits per heavy atom. The predicted molar refractivity (Wildman–Crippen MR) is 210 cm³/mol. The maximum atomic E-state index is 13.3. The summed E-state index contributed by atoms with van der Waals surface area (Å²) in [7, 11) is 0. The third-order valence-corrected chi connectivity index (χ3v) is 10.8. The van der Waals surface area contributed by atoms with Crippen LogP contribution in [0, 0.1) is 0 Å². The van der Waals surface area contributed by atoms with Crippen molar-refractivity contribution in [2.45, 2.75) is 65.2 Å². The van der Waals surface area contributed by atoms with Gasteiger partial charge in [-0.3, -0.25) is 29.0 Å². The van der Waals surface area contributed by atoms with Gasteiger partial charge in [0.2, 0.25) is 11.8 Å². The lowest BCUT2D eigenvalue weighted by Gasteiger charge is -2.15. The molecule has 0 bridgehead atoms. The Bertz CT molecular complexity index is 1600. The molecule has 0 aromatic heterocycles. The number of hydrogen-bond donors (Lipinski definition) is 2. The molecule has 2 heterocycles. The van der Waals surface area contributed by atoms with E-state index in [4.69, 9.17) is 33.9 Å². The Kier molecular flexibility index (Phi) is 15.8. The summed E-state index contributed by atoms with van der Waals surface area (Å²) >= 11 is 12.9. The van der Waals surface area contributed by atoms with Crippen molar-refractivity contribution in [1.82, 2.24) is 9.80 Å². The van der Waals surface area contributed by atoms with E-state index in [1.807, 2.05) is 13.8 Å². The Morgan fingerprint density at radius 2 is 0.981 bits per heavy atom. The van der Waals surface area contributed by atoms with Gasteiger partial charge in [0, 0.05) is 37.3 Å². The number of ether oxygens (including phenoxy) is 2. The summed E-state index contributed by atoms with van der Waals surface area (Å²) in [5.41, 5.74) is 1.84. The topological polar surface area (TPSA) is 151 Å². The van der Waals surface area contributed by atoms with Crippen LogP contribution in [0.2, 0.25) is 0 Å². The van der Waals surface area contributed by atoms with Gasteiger partial charge in [-0.2, -0.15) is 0 Å². The van der Waals surface area contributed by atoms with Crippen LogP contribution in [0.3, 0.4) is 0 Å². The molecular formula is C36H40N4O8S4. The number of unbranched alkanes of at least 4 members (excludes halogenated alkanes) is 2. The van der Waals surface area contributed by atoms with Crippen molar-refractivity contribution in [3.8, 4) is 0 Å². The second kappa shape index (κ2) is 20.2. The number of nitrogens with zero attached hydrogens (tertiary/aromatic N) is 2. The van der Waals surface area contributed by atoms with Gasteiger partial charge in [-0.1, -0.05) is 74.6 Å². The predicted octanol–water partition coefficient (Wildman–Crippen LogP) is 6.67. The van der Waals surface area contributed by atoms with Crippen LogP contribution in [-0.4, -0.2) is 80.3 Å². The minimum Gasteiger partial charge on any atom is -0.462 e. The fourth-order valence-electron chi connectivity index (χ4n) is 4.86. The molecule has 0 unspecified atom stereocenters. The van der Waals surface area contributed by atoms with Crippen LogP contribution in [-0.2, 0) is 28.7 Å². The fourth-order valence-corrected chi connectivity index (χ4v) is 7.63. The van der Waals surface area contributed by atoms with Gasteiger partial charge in [-0.25, -0.2) is 9.59 Å². The van der Waals surface area contributed by atoms with Crippen molar-refractivity contribution < 1.29 is 38.2 Å². The van der Waals surface area contributed by atoms with Crippen LogP contribution in [0.25, 0.3) is 0 Å². The molecule has 0 aliphatic carbocycles. The second-order valence-electron chi connectivity index (χ2n) is 11.7. The number of anilines is 2. The highest BCUT2D eigenvalue weighted by molar-refractivity contribution is 8.29. The van der Waals surface area contributed by atoms with E-state index in [0.717, 1.165) is 49.2 Å². The first kappa shape index (κ1) is 40.6. The highest BCUT2D eigenvalue weighted by Crippen LogP contribution is 2.42. The number of rotatable bonds is 18. The first-order chi connectivity index (χ1) is 25.0. The third-order valence-electron chi connectivity index (χ3n) is 7.75. The van der Waals surface area contributed by atoms with Crippen LogP contribution in [0.4, 0.5) is 11.4 Å². The lowest BCUT2D eigenvalue weighted by Crippen LogP contribution is -2.31. The molecular weight excluding hydrogens is 745 g/mol. The van der Waals surface area contributed by atoms with Crippen molar-refractivity contribution in [3.05, 3.63) is 69.5 Å². The Balaban J connectivity index is 1.21. The standard InChI is InChI=1S/C36H40N4O8S4/c1-3-5-21-47-33(45)23-11-15-25(16-12-23)37-27(41)9-7-19-39-31(43)29(51-35(39)49)30-32(44)40(36(50)52-30)20-8-10-28(42)38-26-17-13-24(14-18-26)34(46)48-22-6-4-2/h11-18H,3-10,19-22H2,1-2H3,(H,37,41)(H,38,42). The van der Waals surface area contributed by atoms with E-state index in [0.29, 0.717) is 48.6 Å². The molecule has 2 aromatic rings. The van der Waals surface area contributed by atoms with Gasteiger partial charge in [0.25, 0.3) is 11.8 Å². The smallest absolute Gasteiger partial charge is 0.338 e. The van der Waals surface area contributed by atoms with Gasteiger partial charge in [-0.15, -0.1) is 0 Å². The zero-order valence-corrected chi connectivity index (χ0v) is 32.2. The van der Waals surface area contributed by atoms with Crippen LogP contribution in [0.15, 0.2) is 58.3 Å². The quantitative estimate of drug-likeness (QED) is 0.0719. The van der Waals surface area contributed by atoms with Gasteiger partial charge < -0.3 is 20.1 Å². The highest BCUT2D eigenvalue weighted by Gasteiger charge is 2.41. The molecule has 0 radical (unpaired) electrons. The van der Waals surface area contributed by atoms with Gasteiger partial charge in [-0.05, 0) is 74.2 Å². The lowest BCUT2D eigenvalue weighted by atomic mass is 10.2. The van der Waals surface area contributed by atoms with E-state index in [1.54, 1.807) is 48.5 Å². The van der Waals surface area contributed by atoms with Crippen LogP contribution < -0.4 is 10.6 Å². The Labute approximate surface area is 321 Å². The molecule has 2 saturated heterocycles. The average molecular weight is 785 g/mol. The van der Waals surface area contributed by atoms with Gasteiger partial charge in [0.15, 0.2) is 0 Å². The van der Waals surface area contributed by atoms with E-state index >= 15 is 0 Å². The summed E-state index contributed by atoms with van der Waals surface area (Å²) in [6.07, 6.45) is 4.30. The van der Waals surface area contributed by atoms with E-state index < -0.39 is 23.8 Å². The van der Waals surface area contributed by atoms with E-state index in [9.17, 15) is 28.8 Å². The number of thiocarbonyl (C=S) groups is 2. The maximum Gasteiger partial charge on any atom is 0.338 e. The molecule has 4 rings (SSSR count). The number of thioether (sulfide) groups is 2. The average Bonchev–Trinajstić information content (AvgIpc) is 3.57. The monoisotopic (exact) mass is 784 g/mol. The normalized spacial score (nSPS) is 15.7. The van der Waals surface area contributed by atoms with Crippen LogP contribution in [0.1, 0.15) is 85.9 Å². The van der Waals surface area contributed by atoms with E-state index in [2.05, 4.69) is 10.6 Å². The van der Waals surface area contributed by atoms with Crippen molar-refractivity contribution in [3.63, 3.8) is 0 Å². The number of esters is 2. The molecule has 0 saturated carbocycles. The number of benzene rings is 2. The zero-order chi connectivity index (χ0) is 37.6. The highest BCUT2D eigenvalue weighted by atomic mass is 32.2. The zero-order valence-electron chi connectivity index (χ0n) is 28.9. The summed E-state index contributed by atoms with van der Waals surface area (Å²) in [4.78, 5) is 79.0. The van der Waals surface area contributed by atoms with Gasteiger partial charge >= 0.3 is 11.9 Å². The molecule has 2 N–H and O–H groups in total. The van der Waals surface area contributed by atoms with E-state index in [1.165, 1.54) is 9.80 Å². The molecule has 276 valence electrons. The second-order valence-corrected chi connectivity index (χ2v) is 15.0. The fraction of sp³-hybridized carbons (Fsp3) is 0.389. The minimum absolute atomic E-state index is 0.113. The minimum atomic E-state index is -0.420. The van der Waals surface area contributed by atoms with E-state index in [-0.39, 0.29) is 56.2 Å². The van der Waals surface area contributed by atoms with Crippen molar-refractivity contribution in [1.29, 1.82) is 0 Å². The first-order valence-corrected chi connectivity index (χ1v) is 19.4. The SMILES string of the molecule is CCCCOC(=O)c1ccc(NC(=O)CCCN2C(=O)C(=C3SC(=S)N(CCCC(=O)Nc4ccc(C(=O)OCCCC)cc4)C3=O)SC2=S)cc1. The molecule has 2 aliphatic heterocycles. The molecule has 0 atom stereocenters. The molecule has 12 nitrogen and oxygen atoms in total. The number of hydrogen-bond acceptors (Lipinski definition) is 12. The van der Waals surface area contributed by atoms with Crippen LogP contribution in [0.5, 0.6) is 0 Å². The summed E-state index contributed by atoms with van der Waals surface area (Å²) in [6.45, 7) is 5.10. The summed E-state index contributed by atoms with van der Waals surface area (Å²) in [5.74, 6) is -2.21. The first-order valence-electron chi connectivity index (χ1n) is 17.0. The van der Waals surface area contributed by atoms with Crippen molar-refractivity contribution >= 4 is 104 Å². The van der Waals surface area contributed by atoms with Crippen LogP contribution >= 0.6 is 48.0 Å². The van der Waals surface area contributed by atoms with Crippen molar-refractivity contribution in [2.24, 2.45) is 0 Å². The lowest BCUT2D eigenvalue weighted by molar-refractivity contribution is -0.124. The number of carbonyl (C=O) groups is 6. The third kappa shape index (κ3) is 11.4. The molecule has 4 amide bonds. The molecule has 0 spiro atoms. The molecule has 52 heavy (non-hydrogen) atoms. The maximum absolute atomic E-state index is 13.3.